The van der Waals surface area contributed by atoms with E-state index in [1.54, 1.807) is 0 Å². The van der Waals surface area contributed by atoms with Gasteiger partial charge in [-0.1, -0.05) is 27.7 Å². The number of rotatable bonds is 8. The van der Waals surface area contributed by atoms with Crippen LogP contribution in [0.15, 0.2) is 0 Å². The van der Waals surface area contributed by atoms with Crippen molar-refractivity contribution in [3.8, 4) is 0 Å². The van der Waals surface area contributed by atoms with E-state index in [0.717, 1.165) is 19.1 Å². The lowest BCUT2D eigenvalue weighted by molar-refractivity contribution is 0.206. The molecule has 0 aromatic rings. The Bertz CT molecular complexity index is 100. The van der Waals surface area contributed by atoms with Crippen molar-refractivity contribution in [3.05, 3.63) is 0 Å². The standard InChI is InChI=1S/C11H26N2/c1-5-9-12-10-11(6-2)13(7-3)8-4/h11-12H,5-10H2,1-4H3. The summed E-state index contributed by atoms with van der Waals surface area (Å²) in [5.41, 5.74) is 0. The van der Waals surface area contributed by atoms with Crippen LogP contribution in [0.4, 0.5) is 0 Å². The number of likely N-dealkylation sites (N-methyl/N-ethyl adjacent to an activating group) is 1. The summed E-state index contributed by atoms with van der Waals surface area (Å²) in [6.07, 6.45) is 2.48. The summed E-state index contributed by atoms with van der Waals surface area (Å²) in [5, 5.41) is 3.49. The first-order valence-electron chi connectivity index (χ1n) is 5.74. The van der Waals surface area contributed by atoms with Gasteiger partial charge in [-0.15, -0.1) is 0 Å². The summed E-state index contributed by atoms with van der Waals surface area (Å²) in [6.45, 7) is 13.6. The van der Waals surface area contributed by atoms with Crippen LogP contribution in [0.2, 0.25) is 0 Å². The molecular formula is C11H26N2. The minimum atomic E-state index is 0.724. The zero-order valence-corrected chi connectivity index (χ0v) is 9.77. The first-order valence-corrected chi connectivity index (χ1v) is 5.74. The second-order valence-corrected chi connectivity index (χ2v) is 3.49. The van der Waals surface area contributed by atoms with Gasteiger partial charge in [-0.2, -0.15) is 0 Å². The molecule has 0 heterocycles. The fourth-order valence-electron chi connectivity index (χ4n) is 1.72. The molecule has 0 fully saturated rings. The van der Waals surface area contributed by atoms with Gasteiger partial charge in [0.2, 0.25) is 0 Å². The molecule has 1 unspecified atom stereocenters. The summed E-state index contributed by atoms with van der Waals surface area (Å²) in [6, 6.07) is 0.724. The Balaban J connectivity index is 3.71. The monoisotopic (exact) mass is 186 g/mol. The van der Waals surface area contributed by atoms with E-state index in [1.165, 1.54) is 25.9 Å². The van der Waals surface area contributed by atoms with Gasteiger partial charge < -0.3 is 5.32 Å². The highest BCUT2D eigenvalue weighted by molar-refractivity contribution is 4.70. The van der Waals surface area contributed by atoms with Crippen molar-refractivity contribution in [1.82, 2.24) is 10.2 Å². The van der Waals surface area contributed by atoms with Crippen LogP contribution in [-0.4, -0.2) is 37.1 Å². The molecule has 0 aliphatic carbocycles. The van der Waals surface area contributed by atoms with E-state index in [4.69, 9.17) is 0 Å². The summed E-state index contributed by atoms with van der Waals surface area (Å²) in [4.78, 5) is 2.53. The van der Waals surface area contributed by atoms with Crippen LogP contribution in [0.3, 0.4) is 0 Å². The second kappa shape index (κ2) is 8.52. The van der Waals surface area contributed by atoms with Gasteiger partial charge in [-0.05, 0) is 32.5 Å². The molecule has 0 amide bonds. The number of hydrogen-bond acceptors (Lipinski definition) is 2. The topological polar surface area (TPSA) is 15.3 Å². The lowest BCUT2D eigenvalue weighted by Gasteiger charge is -2.28. The second-order valence-electron chi connectivity index (χ2n) is 3.49. The van der Waals surface area contributed by atoms with Crippen LogP contribution >= 0.6 is 0 Å². The minimum absolute atomic E-state index is 0.724. The predicted octanol–water partition coefficient (Wildman–Crippen LogP) is 2.11. The molecule has 2 nitrogen and oxygen atoms in total. The summed E-state index contributed by atoms with van der Waals surface area (Å²) < 4.78 is 0. The Labute approximate surface area is 83.7 Å². The van der Waals surface area contributed by atoms with Gasteiger partial charge in [0.15, 0.2) is 0 Å². The van der Waals surface area contributed by atoms with Crippen molar-refractivity contribution in [3.63, 3.8) is 0 Å². The Morgan fingerprint density at radius 1 is 1.08 bits per heavy atom. The molecule has 0 saturated carbocycles. The molecule has 1 atom stereocenters. The third-order valence-electron chi connectivity index (χ3n) is 2.61. The van der Waals surface area contributed by atoms with E-state index in [-0.39, 0.29) is 0 Å². The lowest BCUT2D eigenvalue weighted by atomic mass is 10.2. The maximum absolute atomic E-state index is 3.49. The normalized spacial score (nSPS) is 13.6. The summed E-state index contributed by atoms with van der Waals surface area (Å²) >= 11 is 0. The molecule has 0 bridgehead atoms. The molecule has 0 rings (SSSR count). The molecule has 0 saturated heterocycles. The highest BCUT2D eigenvalue weighted by Crippen LogP contribution is 2.02. The van der Waals surface area contributed by atoms with Gasteiger partial charge in [0.25, 0.3) is 0 Å². The first-order chi connectivity index (χ1) is 6.29. The fraction of sp³-hybridized carbons (Fsp3) is 1.00. The quantitative estimate of drug-likeness (QED) is 0.584. The third kappa shape index (κ3) is 5.27. The number of hydrogen-bond donors (Lipinski definition) is 1. The molecule has 0 aromatic heterocycles. The Morgan fingerprint density at radius 3 is 2.08 bits per heavy atom. The van der Waals surface area contributed by atoms with Crippen molar-refractivity contribution in [1.29, 1.82) is 0 Å². The Morgan fingerprint density at radius 2 is 1.69 bits per heavy atom. The van der Waals surface area contributed by atoms with Crippen molar-refractivity contribution in [2.75, 3.05) is 26.2 Å². The van der Waals surface area contributed by atoms with Crippen LogP contribution in [0.1, 0.15) is 40.5 Å². The Kier molecular flexibility index (Phi) is 8.46. The fourth-order valence-corrected chi connectivity index (χ4v) is 1.72. The molecule has 1 N–H and O–H groups in total. The van der Waals surface area contributed by atoms with Gasteiger partial charge in [-0.25, -0.2) is 0 Å². The molecule has 0 radical (unpaired) electrons. The van der Waals surface area contributed by atoms with Crippen molar-refractivity contribution >= 4 is 0 Å². The van der Waals surface area contributed by atoms with Crippen molar-refractivity contribution in [2.24, 2.45) is 0 Å². The maximum atomic E-state index is 3.49. The SMILES string of the molecule is CCCNCC(CC)N(CC)CC. The Hall–Kier alpha value is -0.0800. The van der Waals surface area contributed by atoms with Crippen LogP contribution in [0.5, 0.6) is 0 Å². The summed E-state index contributed by atoms with van der Waals surface area (Å²) in [7, 11) is 0. The maximum Gasteiger partial charge on any atom is 0.0217 e. The van der Waals surface area contributed by atoms with Gasteiger partial charge in [0.1, 0.15) is 0 Å². The van der Waals surface area contributed by atoms with Gasteiger partial charge in [-0.3, -0.25) is 4.90 Å². The van der Waals surface area contributed by atoms with E-state index in [0.29, 0.717) is 0 Å². The molecule has 0 aliphatic heterocycles. The van der Waals surface area contributed by atoms with Gasteiger partial charge in [0.05, 0.1) is 0 Å². The smallest absolute Gasteiger partial charge is 0.0217 e. The van der Waals surface area contributed by atoms with Crippen LogP contribution in [0.25, 0.3) is 0 Å². The highest BCUT2D eigenvalue weighted by Gasteiger charge is 2.11. The molecular weight excluding hydrogens is 160 g/mol. The number of nitrogens with zero attached hydrogens (tertiary/aromatic N) is 1. The molecule has 0 spiro atoms. The summed E-state index contributed by atoms with van der Waals surface area (Å²) in [5.74, 6) is 0. The zero-order chi connectivity index (χ0) is 10.1. The lowest BCUT2D eigenvalue weighted by Crippen LogP contribution is -2.42. The average Bonchev–Trinajstić information content (AvgIpc) is 2.17. The zero-order valence-electron chi connectivity index (χ0n) is 9.77. The van der Waals surface area contributed by atoms with E-state index in [9.17, 15) is 0 Å². The van der Waals surface area contributed by atoms with Crippen LogP contribution in [0, 0.1) is 0 Å². The molecule has 0 aromatic carbocycles. The largest absolute Gasteiger partial charge is 0.315 e. The average molecular weight is 186 g/mol. The van der Waals surface area contributed by atoms with E-state index < -0.39 is 0 Å². The predicted molar refractivity (Wildman–Crippen MR) is 60.2 cm³/mol. The first kappa shape index (κ1) is 12.9. The van der Waals surface area contributed by atoms with Crippen LogP contribution in [-0.2, 0) is 0 Å². The number of nitrogens with one attached hydrogen (secondary N) is 1. The highest BCUT2D eigenvalue weighted by atomic mass is 15.2. The van der Waals surface area contributed by atoms with E-state index in [1.807, 2.05) is 0 Å². The third-order valence-corrected chi connectivity index (χ3v) is 2.61. The van der Waals surface area contributed by atoms with Crippen LogP contribution < -0.4 is 5.32 Å². The van der Waals surface area contributed by atoms with Gasteiger partial charge in [0, 0.05) is 12.6 Å². The van der Waals surface area contributed by atoms with E-state index in [2.05, 4.69) is 37.9 Å². The molecule has 80 valence electrons. The van der Waals surface area contributed by atoms with Crippen molar-refractivity contribution in [2.45, 2.75) is 46.6 Å². The minimum Gasteiger partial charge on any atom is -0.315 e. The van der Waals surface area contributed by atoms with E-state index >= 15 is 0 Å². The molecule has 13 heavy (non-hydrogen) atoms. The van der Waals surface area contributed by atoms with Gasteiger partial charge >= 0.3 is 0 Å². The molecule has 0 aliphatic rings. The van der Waals surface area contributed by atoms with Crippen molar-refractivity contribution < 1.29 is 0 Å². The molecule has 2 heteroatoms.